The highest BCUT2D eigenvalue weighted by atomic mass is 79.9. The topological polar surface area (TPSA) is 46.2 Å². The number of hydrogen-bond donors (Lipinski definition) is 1. The van der Waals surface area contributed by atoms with Crippen molar-refractivity contribution in [1.82, 2.24) is 4.72 Å². The fourth-order valence-electron chi connectivity index (χ4n) is 2.07. The van der Waals surface area contributed by atoms with E-state index in [0.29, 0.717) is 10.8 Å². The van der Waals surface area contributed by atoms with E-state index in [1.165, 1.54) is 11.3 Å². The molecule has 2 rings (SSSR count). The van der Waals surface area contributed by atoms with Crippen LogP contribution in [0.3, 0.4) is 0 Å². The van der Waals surface area contributed by atoms with Crippen molar-refractivity contribution in [3.63, 3.8) is 0 Å². The van der Waals surface area contributed by atoms with E-state index in [1.54, 1.807) is 6.07 Å². The van der Waals surface area contributed by atoms with Crippen molar-refractivity contribution in [2.45, 2.75) is 35.8 Å². The third kappa shape index (κ3) is 3.28. The molecule has 1 heterocycles. The Morgan fingerprint density at radius 1 is 1.56 bits per heavy atom. The Morgan fingerprint density at radius 2 is 2.28 bits per heavy atom. The first-order valence-corrected chi connectivity index (χ1v) is 9.33. The first-order chi connectivity index (χ1) is 8.40. The predicted molar refractivity (Wildman–Crippen MR) is 78.9 cm³/mol. The van der Waals surface area contributed by atoms with Gasteiger partial charge in [-0.2, -0.15) is 0 Å². The maximum atomic E-state index is 12.1. The molecule has 3 nitrogen and oxygen atoms in total. The number of rotatable bonds is 4. The lowest BCUT2D eigenvalue weighted by atomic mass is 10.1. The smallest absolute Gasteiger partial charge is 0.210 e. The zero-order valence-corrected chi connectivity index (χ0v) is 13.9. The van der Waals surface area contributed by atoms with Gasteiger partial charge in [-0.1, -0.05) is 6.42 Å². The summed E-state index contributed by atoms with van der Waals surface area (Å²) in [5.41, 5.74) is 0.941. The third-order valence-electron chi connectivity index (χ3n) is 3.20. The molecule has 0 amide bonds. The Labute approximate surface area is 125 Å². The summed E-state index contributed by atoms with van der Waals surface area (Å²) in [6, 6.07) is 1.68. The second-order valence-electron chi connectivity index (χ2n) is 4.58. The summed E-state index contributed by atoms with van der Waals surface area (Å²) in [6.45, 7) is 2.32. The van der Waals surface area contributed by atoms with Gasteiger partial charge in [0, 0.05) is 11.9 Å². The molecule has 1 aliphatic rings. The van der Waals surface area contributed by atoms with Gasteiger partial charge < -0.3 is 0 Å². The van der Waals surface area contributed by atoms with E-state index in [0.717, 1.165) is 28.6 Å². The average Bonchev–Trinajstić information content (AvgIpc) is 2.84. The van der Waals surface area contributed by atoms with Crippen LogP contribution in [0.5, 0.6) is 0 Å². The van der Waals surface area contributed by atoms with Crippen LogP contribution >= 0.6 is 38.9 Å². The summed E-state index contributed by atoms with van der Waals surface area (Å²) in [7, 11) is -3.39. The number of nitrogens with one attached hydrogen (secondary N) is 1. The van der Waals surface area contributed by atoms with Crippen LogP contribution in [-0.4, -0.2) is 20.3 Å². The molecule has 0 saturated heterocycles. The first kappa shape index (κ1) is 14.8. The van der Waals surface area contributed by atoms with Gasteiger partial charge in [-0.25, -0.2) is 13.1 Å². The molecule has 0 aliphatic heterocycles. The molecule has 7 heteroatoms. The highest BCUT2D eigenvalue weighted by Gasteiger charge is 2.27. The zero-order chi connectivity index (χ0) is 13.3. The van der Waals surface area contributed by atoms with E-state index >= 15 is 0 Å². The average molecular weight is 373 g/mol. The van der Waals surface area contributed by atoms with Gasteiger partial charge in [0.2, 0.25) is 10.0 Å². The van der Waals surface area contributed by atoms with Crippen LogP contribution in [0.4, 0.5) is 0 Å². The van der Waals surface area contributed by atoms with Crippen molar-refractivity contribution in [3.05, 3.63) is 15.4 Å². The molecule has 1 saturated carbocycles. The SMILES string of the molecule is Cc1cc(S(=O)(=O)NCC2CCCC2Cl)sc1Br. The number of halogens is 2. The number of alkyl halides is 1. The largest absolute Gasteiger partial charge is 0.250 e. The molecule has 0 radical (unpaired) electrons. The zero-order valence-electron chi connectivity index (χ0n) is 9.95. The monoisotopic (exact) mass is 371 g/mol. The van der Waals surface area contributed by atoms with Crippen molar-refractivity contribution in [3.8, 4) is 0 Å². The van der Waals surface area contributed by atoms with E-state index in [9.17, 15) is 8.42 Å². The maximum absolute atomic E-state index is 12.1. The van der Waals surface area contributed by atoms with Crippen LogP contribution in [0.1, 0.15) is 24.8 Å². The molecule has 1 aliphatic carbocycles. The van der Waals surface area contributed by atoms with Crippen molar-refractivity contribution in [1.29, 1.82) is 0 Å². The summed E-state index contributed by atoms with van der Waals surface area (Å²) in [4.78, 5) is 0. The number of aryl methyl sites for hydroxylation is 1. The molecular formula is C11H15BrClNO2S2. The maximum Gasteiger partial charge on any atom is 0.250 e. The van der Waals surface area contributed by atoms with Gasteiger partial charge in [0.1, 0.15) is 4.21 Å². The fourth-order valence-corrected chi connectivity index (χ4v) is 5.81. The molecule has 1 N–H and O–H groups in total. The Hall–Kier alpha value is 0.380. The summed E-state index contributed by atoms with van der Waals surface area (Å²) >= 11 is 10.7. The van der Waals surface area contributed by atoms with Crippen LogP contribution in [-0.2, 0) is 10.0 Å². The van der Waals surface area contributed by atoms with Crippen LogP contribution in [0.25, 0.3) is 0 Å². The molecule has 2 atom stereocenters. The van der Waals surface area contributed by atoms with Crippen LogP contribution in [0, 0.1) is 12.8 Å². The lowest BCUT2D eigenvalue weighted by Crippen LogP contribution is -2.30. The Balaban J connectivity index is 2.03. The van der Waals surface area contributed by atoms with Gasteiger partial charge >= 0.3 is 0 Å². The normalized spacial score (nSPS) is 24.6. The summed E-state index contributed by atoms with van der Waals surface area (Å²) in [6.07, 6.45) is 3.08. The highest BCUT2D eigenvalue weighted by Crippen LogP contribution is 2.32. The van der Waals surface area contributed by atoms with E-state index in [1.807, 2.05) is 6.92 Å². The molecule has 0 aromatic carbocycles. The van der Waals surface area contributed by atoms with Crippen molar-refractivity contribution >= 4 is 48.9 Å². The molecule has 18 heavy (non-hydrogen) atoms. The lowest BCUT2D eigenvalue weighted by Gasteiger charge is -2.13. The standard InChI is InChI=1S/C11H15BrClNO2S2/c1-7-5-10(17-11(7)12)18(15,16)14-6-8-3-2-4-9(8)13/h5,8-9,14H,2-4,6H2,1H3. The van der Waals surface area contributed by atoms with E-state index in [4.69, 9.17) is 11.6 Å². The predicted octanol–water partition coefficient (Wildman–Crippen LogP) is 3.50. The minimum atomic E-state index is -3.39. The lowest BCUT2D eigenvalue weighted by molar-refractivity contribution is 0.524. The van der Waals surface area contributed by atoms with Gasteiger partial charge in [0.15, 0.2) is 0 Å². The molecular weight excluding hydrogens is 358 g/mol. The highest BCUT2D eigenvalue weighted by molar-refractivity contribution is 9.11. The van der Waals surface area contributed by atoms with Gasteiger partial charge in [-0.15, -0.1) is 22.9 Å². The van der Waals surface area contributed by atoms with Gasteiger partial charge in [-0.3, -0.25) is 0 Å². The number of hydrogen-bond acceptors (Lipinski definition) is 3. The van der Waals surface area contributed by atoms with E-state index in [-0.39, 0.29) is 11.3 Å². The Kier molecular flexibility index (Phi) is 4.75. The van der Waals surface area contributed by atoms with Crippen LogP contribution in [0.2, 0.25) is 0 Å². The van der Waals surface area contributed by atoms with Crippen molar-refractivity contribution in [2.24, 2.45) is 5.92 Å². The van der Waals surface area contributed by atoms with Crippen LogP contribution in [0.15, 0.2) is 14.1 Å². The van der Waals surface area contributed by atoms with Crippen LogP contribution < -0.4 is 4.72 Å². The van der Waals surface area contributed by atoms with Gasteiger partial charge in [0.25, 0.3) is 0 Å². The van der Waals surface area contributed by atoms with E-state index < -0.39 is 10.0 Å². The Bertz CT molecular complexity index is 510. The fraction of sp³-hybridized carbons (Fsp3) is 0.636. The minimum absolute atomic E-state index is 0.101. The Morgan fingerprint density at radius 3 is 2.78 bits per heavy atom. The number of thiophene rings is 1. The van der Waals surface area contributed by atoms with Crippen molar-refractivity contribution < 1.29 is 8.42 Å². The van der Waals surface area contributed by atoms with Gasteiger partial charge in [-0.05, 0) is 53.2 Å². The molecule has 1 aromatic heterocycles. The summed E-state index contributed by atoms with van der Waals surface area (Å²) in [5.74, 6) is 0.256. The molecule has 2 unspecified atom stereocenters. The molecule has 102 valence electrons. The molecule has 1 fully saturated rings. The van der Waals surface area contributed by atoms with Gasteiger partial charge in [0.05, 0.1) is 3.79 Å². The quantitative estimate of drug-likeness (QED) is 0.822. The summed E-state index contributed by atoms with van der Waals surface area (Å²) < 4.78 is 28.1. The second-order valence-corrected chi connectivity index (χ2v) is 9.51. The minimum Gasteiger partial charge on any atom is -0.210 e. The molecule has 1 aromatic rings. The van der Waals surface area contributed by atoms with Crippen molar-refractivity contribution in [2.75, 3.05) is 6.54 Å². The molecule has 0 spiro atoms. The number of sulfonamides is 1. The first-order valence-electron chi connectivity index (χ1n) is 5.80. The summed E-state index contributed by atoms with van der Waals surface area (Å²) in [5, 5.41) is 0.101. The molecule has 0 bridgehead atoms. The third-order valence-corrected chi connectivity index (χ3v) is 7.81. The van der Waals surface area contributed by atoms with E-state index in [2.05, 4.69) is 20.7 Å². The second kappa shape index (κ2) is 5.79.